The minimum Gasteiger partial charge on any atom is -0.378 e. The second-order valence-corrected chi connectivity index (χ2v) is 6.17. The second-order valence-electron chi connectivity index (χ2n) is 6.17. The number of piperidine rings is 1. The number of nitriles is 1. The molecule has 2 saturated heterocycles. The Labute approximate surface area is 98.4 Å². The van der Waals surface area contributed by atoms with Gasteiger partial charge in [-0.05, 0) is 18.3 Å². The highest BCUT2D eigenvalue weighted by Crippen LogP contribution is 2.46. The van der Waals surface area contributed by atoms with Crippen LogP contribution in [0.3, 0.4) is 0 Å². The van der Waals surface area contributed by atoms with Gasteiger partial charge in [0.2, 0.25) is 0 Å². The summed E-state index contributed by atoms with van der Waals surface area (Å²) in [7, 11) is 0. The van der Waals surface area contributed by atoms with E-state index < -0.39 is 0 Å². The maximum absolute atomic E-state index is 9.48. The van der Waals surface area contributed by atoms with Gasteiger partial charge in [-0.15, -0.1) is 0 Å². The topological polar surface area (TPSA) is 36.3 Å². The molecule has 90 valence electrons. The molecule has 0 N–H and O–H groups in total. The largest absolute Gasteiger partial charge is 0.378 e. The van der Waals surface area contributed by atoms with E-state index in [4.69, 9.17) is 4.74 Å². The molecule has 0 saturated carbocycles. The first-order chi connectivity index (χ1) is 7.48. The summed E-state index contributed by atoms with van der Waals surface area (Å²) in [4.78, 5) is 2.49. The molecular formula is C13H22N2O. The second kappa shape index (κ2) is 4.01. The predicted molar refractivity (Wildman–Crippen MR) is 62.9 cm³/mol. The average Bonchev–Trinajstić information content (AvgIpc) is 2.15. The molecule has 0 unspecified atom stereocenters. The number of hydrogen-bond acceptors (Lipinski definition) is 3. The van der Waals surface area contributed by atoms with Gasteiger partial charge >= 0.3 is 0 Å². The van der Waals surface area contributed by atoms with E-state index in [1.165, 1.54) is 0 Å². The van der Waals surface area contributed by atoms with E-state index in [9.17, 15) is 5.26 Å². The Morgan fingerprint density at radius 2 is 1.81 bits per heavy atom. The monoisotopic (exact) mass is 222 g/mol. The Hall–Kier alpha value is -0.590. The minimum atomic E-state index is -0.131. The van der Waals surface area contributed by atoms with E-state index >= 15 is 0 Å². The zero-order valence-corrected chi connectivity index (χ0v) is 10.6. The summed E-state index contributed by atoms with van der Waals surface area (Å²) in [5.74, 6) is 0. The summed E-state index contributed by atoms with van der Waals surface area (Å²) in [6.07, 6.45) is 2.01. The molecule has 3 nitrogen and oxygen atoms in total. The third-order valence-corrected chi connectivity index (χ3v) is 4.44. The van der Waals surface area contributed by atoms with E-state index in [0.717, 1.165) is 39.1 Å². The lowest BCUT2D eigenvalue weighted by atomic mass is 9.62. The molecule has 2 fully saturated rings. The molecule has 0 amide bonds. The van der Waals surface area contributed by atoms with Crippen LogP contribution in [0.25, 0.3) is 0 Å². The van der Waals surface area contributed by atoms with E-state index in [2.05, 4.69) is 31.7 Å². The molecule has 0 spiro atoms. The fraction of sp³-hybridized carbons (Fsp3) is 0.923. The fourth-order valence-corrected chi connectivity index (χ4v) is 2.73. The Morgan fingerprint density at radius 1 is 1.25 bits per heavy atom. The van der Waals surface area contributed by atoms with Gasteiger partial charge in [0.05, 0.1) is 30.7 Å². The maximum Gasteiger partial charge on any atom is 0.0696 e. The Kier molecular flexibility index (Phi) is 2.98. The average molecular weight is 222 g/mol. The van der Waals surface area contributed by atoms with Crippen LogP contribution in [0, 0.1) is 22.2 Å². The number of ether oxygens (including phenoxy) is 1. The molecule has 2 aliphatic rings. The maximum atomic E-state index is 9.48. The van der Waals surface area contributed by atoms with Crippen LogP contribution >= 0.6 is 0 Å². The summed E-state index contributed by atoms with van der Waals surface area (Å²) in [5.41, 5.74) is -0.0436. The van der Waals surface area contributed by atoms with Crippen molar-refractivity contribution in [3.63, 3.8) is 0 Å². The smallest absolute Gasteiger partial charge is 0.0696 e. The van der Waals surface area contributed by atoms with Gasteiger partial charge in [0.25, 0.3) is 0 Å². The van der Waals surface area contributed by atoms with Gasteiger partial charge < -0.3 is 4.74 Å². The molecule has 0 bridgehead atoms. The molecule has 3 heteroatoms. The zero-order valence-electron chi connectivity index (χ0n) is 10.6. The van der Waals surface area contributed by atoms with Crippen LogP contribution in [0.15, 0.2) is 0 Å². The fourth-order valence-electron chi connectivity index (χ4n) is 2.73. The third-order valence-electron chi connectivity index (χ3n) is 4.44. The molecule has 0 aromatic heterocycles. The SMILES string of the molecule is CC(C)(C)C1(C#N)CCN(C2COC2)CC1. The van der Waals surface area contributed by atoms with Crippen LogP contribution in [0.4, 0.5) is 0 Å². The minimum absolute atomic E-state index is 0.0873. The molecule has 2 rings (SSSR count). The molecule has 0 aromatic rings. The lowest BCUT2D eigenvalue weighted by Crippen LogP contribution is -2.55. The molecular weight excluding hydrogens is 200 g/mol. The number of hydrogen-bond donors (Lipinski definition) is 0. The summed E-state index contributed by atoms with van der Waals surface area (Å²) in [6.45, 7) is 10.5. The van der Waals surface area contributed by atoms with Gasteiger partial charge in [-0.25, -0.2) is 0 Å². The molecule has 0 aromatic carbocycles. The van der Waals surface area contributed by atoms with E-state index in [0.29, 0.717) is 6.04 Å². The van der Waals surface area contributed by atoms with Crippen LogP contribution in [-0.4, -0.2) is 37.2 Å². The van der Waals surface area contributed by atoms with Crippen LogP contribution in [-0.2, 0) is 4.74 Å². The first-order valence-corrected chi connectivity index (χ1v) is 6.22. The van der Waals surface area contributed by atoms with Crippen molar-refractivity contribution in [2.24, 2.45) is 10.8 Å². The Balaban J connectivity index is 1.99. The zero-order chi connectivity index (χ0) is 11.8. The van der Waals surface area contributed by atoms with Crippen molar-refractivity contribution in [1.29, 1.82) is 5.26 Å². The van der Waals surface area contributed by atoms with E-state index in [1.807, 2.05) is 0 Å². The first kappa shape index (κ1) is 11.9. The van der Waals surface area contributed by atoms with Gasteiger partial charge in [0, 0.05) is 13.1 Å². The first-order valence-electron chi connectivity index (χ1n) is 6.22. The van der Waals surface area contributed by atoms with Crippen LogP contribution in [0.2, 0.25) is 0 Å². The van der Waals surface area contributed by atoms with Crippen molar-refractivity contribution in [3.05, 3.63) is 0 Å². The van der Waals surface area contributed by atoms with E-state index in [-0.39, 0.29) is 10.8 Å². The summed E-state index contributed by atoms with van der Waals surface area (Å²) >= 11 is 0. The van der Waals surface area contributed by atoms with Crippen LogP contribution in [0.1, 0.15) is 33.6 Å². The highest BCUT2D eigenvalue weighted by molar-refractivity contribution is 5.08. The predicted octanol–water partition coefficient (Wildman–Crippen LogP) is 2.04. The highest BCUT2D eigenvalue weighted by Gasteiger charge is 2.45. The van der Waals surface area contributed by atoms with Crippen LogP contribution < -0.4 is 0 Å². The van der Waals surface area contributed by atoms with Gasteiger partial charge in [0.1, 0.15) is 0 Å². The number of nitrogens with zero attached hydrogens (tertiary/aromatic N) is 2. The van der Waals surface area contributed by atoms with E-state index in [1.54, 1.807) is 0 Å². The number of likely N-dealkylation sites (tertiary alicyclic amines) is 1. The van der Waals surface area contributed by atoms with Crippen molar-refractivity contribution in [3.8, 4) is 6.07 Å². The lowest BCUT2D eigenvalue weighted by Gasteiger charge is -2.48. The Bertz CT molecular complexity index is 288. The lowest BCUT2D eigenvalue weighted by molar-refractivity contribution is -0.0852. The molecule has 2 aliphatic heterocycles. The molecule has 2 heterocycles. The summed E-state index contributed by atoms with van der Waals surface area (Å²) < 4.78 is 5.23. The summed E-state index contributed by atoms with van der Waals surface area (Å²) in [6, 6.07) is 3.22. The summed E-state index contributed by atoms with van der Waals surface area (Å²) in [5, 5.41) is 9.48. The van der Waals surface area contributed by atoms with Crippen molar-refractivity contribution in [1.82, 2.24) is 4.90 Å². The van der Waals surface area contributed by atoms with Gasteiger partial charge in [-0.1, -0.05) is 20.8 Å². The standard InChI is InChI=1S/C13H22N2O/c1-12(2,3)13(10-14)4-6-15(7-5-13)11-8-16-9-11/h11H,4-9H2,1-3H3. The molecule has 0 aliphatic carbocycles. The molecule has 16 heavy (non-hydrogen) atoms. The van der Waals surface area contributed by atoms with Gasteiger partial charge in [-0.2, -0.15) is 5.26 Å². The van der Waals surface area contributed by atoms with Crippen molar-refractivity contribution in [2.45, 2.75) is 39.7 Å². The van der Waals surface area contributed by atoms with Crippen molar-refractivity contribution < 1.29 is 4.74 Å². The van der Waals surface area contributed by atoms with Crippen molar-refractivity contribution >= 4 is 0 Å². The quantitative estimate of drug-likeness (QED) is 0.681. The molecule has 0 radical (unpaired) electrons. The highest BCUT2D eigenvalue weighted by atomic mass is 16.5. The normalized spacial score (nSPS) is 27.1. The third kappa shape index (κ3) is 1.85. The van der Waals surface area contributed by atoms with Crippen LogP contribution in [0.5, 0.6) is 0 Å². The number of rotatable bonds is 1. The molecule has 0 atom stereocenters. The van der Waals surface area contributed by atoms with Gasteiger partial charge in [0.15, 0.2) is 0 Å². The Morgan fingerprint density at radius 3 is 2.12 bits per heavy atom. The van der Waals surface area contributed by atoms with Gasteiger partial charge in [-0.3, -0.25) is 4.90 Å². The van der Waals surface area contributed by atoms with Crippen molar-refractivity contribution in [2.75, 3.05) is 26.3 Å².